The smallest absolute Gasteiger partial charge is 0.334 e. The summed E-state index contributed by atoms with van der Waals surface area (Å²) < 4.78 is 40.0. The first-order valence-electron chi connectivity index (χ1n) is 8.88. The highest BCUT2D eigenvalue weighted by Gasteiger charge is 2.34. The van der Waals surface area contributed by atoms with Crippen LogP contribution in [0.25, 0.3) is 0 Å². The molecule has 1 saturated carbocycles. The van der Waals surface area contributed by atoms with Gasteiger partial charge in [-0.1, -0.05) is 19.3 Å². The van der Waals surface area contributed by atoms with Gasteiger partial charge in [0.05, 0.1) is 12.6 Å². The van der Waals surface area contributed by atoms with E-state index in [4.69, 9.17) is 0 Å². The molecule has 2 aliphatic rings. The van der Waals surface area contributed by atoms with Crippen molar-refractivity contribution in [2.24, 2.45) is 0 Å². The van der Waals surface area contributed by atoms with Gasteiger partial charge in [-0.2, -0.15) is 13.2 Å². The summed E-state index contributed by atoms with van der Waals surface area (Å²) in [7, 11) is 0. The Labute approximate surface area is 140 Å². The zero-order valence-corrected chi connectivity index (χ0v) is 13.8. The molecule has 0 spiro atoms. The highest BCUT2D eigenvalue weighted by Crippen LogP contribution is 2.28. The van der Waals surface area contributed by atoms with E-state index in [1.165, 1.54) is 4.90 Å². The van der Waals surface area contributed by atoms with E-state index < -0.39 is 12.6 Å². The monoisotopic (exact) mass is 343 g/mol. The molecule has 0 radical (unpaired) electrons. The van der Waals surface area contributed by atoms with Crippen molar-refractivity contribution in [2.45, 2.75) is 76.6 Å². The number of halogens is 3. The zero-order chi connectivity index (χ0) is 17.2. The molecule has 7 heteroatoms. The van der Waals surface area contributed by atoms with Crippen LogP contribution < -0.4 is 0 Å². The lowest BCUT2D eigenvalue weighted by atomic mass is 9.93. The molecule has 1 aromatic heterocycles. The van der Waals surface area contributed by atoms with Crippen molar-refractivity contribution in [3.8, 4) is 0 Å². The second kappa shape index (κ2) is 7.15. The maximum absolute atomic E-state index is 13.0. The molecular formula is C17H24F3N3O. The van der Waals surface area contributed by atoms with Crippen LogP contribution in [0.3, 0.4) is 0 Å². The Bertz CT molecular complexity index is 576. The van der Waals surface area contributed by atoms with Crippen LogP contribution in [0.4, 0.5) is 13.2 Å². The number of hydrogen-bond donors (Lipinski definition) is 0. The summed E-state index contributed by atoms with van der Waals surface area (Å²) in [6.45, 7) is 0.474. The van der Waals surface area contributed by atoms with Gasteiger partial charge in [0, 0.05) is 25.6 Å². The Morgan fingerprint density at radius 2 is 1.96 bits per heavy atom. The van der Waals surface area contributed by atoms with Gasteiger partial charge in [0.2, 0.25) is 0 Å². The normalized spacial score (nSPS) is 19.1. The molecule has 24 heavy (non-hydrogen) atoms. The van der Waals surface area contributed by atoms with Gasteiger partial charge in [0.25, 0.3) is 5.91 Å². The molecule has 0 N–H and O–H groups in total. The number of carbonyl (C=O) groups excluding carboxylic acids is 1. The lowest BCUT2D eigenvalue weighted by Crippen LogP contribution is -2.44. The number of imidazole rings is 1. The molecule has 1 fully saturated rings. The second-order valence-corrected chi connectivity index (χ2v) is 6.82. The SMILES string of the molecule is O=C(c1cnc2n1CCCC2)N(CCC(F)(F)F)C1CCCCC1. The van der Waals surface area contributed by atoms with Crippen LogP contribution in [-0.4, -0.2) is 39.1 Å². The van der Waals surface area contributed by atoms with E-state index in [-0.39, 0.29) is 18.5 Å². The Kier molecular flexibility index (Phi) is 5.15. The van der Waals surface area contributed by atoms with E-state index in [2.05, 4.69) is 4.98 Å². The van der Waals surface area contributed by atoms with Gasteiger partial charge in [-0.25, -0.2) is 4.98 Å². The van der Waals surface area contributed by atoms with Gasteiger partial charge in [-0.15, -0.1) is 0 Å². The first kappa shape index (κ1) is 17.3. The third-order valence-electron chi connectivity index (χ3n) is 5.10. The standard InChI is InChI=1S/C17H24F3N3O/c18-17(19,20)9-11-22(13-6-2-1-3-7-13)16(24)14-12-21-15-8-4-5-10-23(14)15/h12-13H,1-11H2. The van der Waals surface area contributed by atoms with E-state index in [0.29, 0.717) is 5.69 Å². The molecule has 1 aromatic rings. The fraction of sp³-hybridized carbons (Fsp3) is 0.765. The maximum Gasteiger partial charge on any atom is 0.390 e. The molecule has 0 saturated heterocycles. The molecule has 134 valence electrons. The van der Waals surface area contributed by atoms with Crippen LogP contribution in [0.15, 0.2) is 6.20 Å². The van der Waals surface area contributed by atoms with Gasteiger partial charge in [0.1, 0.15) is 11.5 Å². The molecular weight excluding hydrogens is 319 g/mol. The average Bonchev–Trinajstić information content (AvgIpc) is 2.99. The number of nitrogens with zero attached hydrogens (tertiary/aromatic N) is 3. The molecule has 2 heterocycles. The predicted molar refractivity (Wildman–Crippen MR) is 83.7 cm³/mol. The lowest BCUT2D eigenvalue weighted by Gasteiger charge is -2.35. The number of aromatic nitrogens is 2. The van der Waals surface area contributed by atoms with Crippen LogP contribution in [0.5, 0.6) is 0 Å². The molecule has 4 nitrogen and oxygen atoms in total. The third kappa shape index (κ3) is 3.92. The Hall–Kier alpha value is -1.53. The van der Waals surface area contributed by atoms with Gasteiger partial charge in [-0.3, -0.25) is 4.79 Å². The number of aryl methyl sites for hydroxylation is 1. The minimum Gasteiger partial charge on any atom is -0.334 e. The Balaban J connectivity index is 1.80. The average molecular weight is 343 g/mol. The molecule has 1 amide bonds. The minimum absolute atomic E-state index is 0.0802. The summed E-state index contributed by atoms with van der Waals surface area (Å²) in [5, 5.41) is 0. The molecule has 0 atom stereocenters. The third-order valence-corrected chi connectivity index (χ3v) is 5.10. The van der Waals surface area contributed by atoms with Crippen LogP contribution in [0, 0.1) is 0 Å². The van der Waals surface area contributed by atoms with Crippen LogP contribution in [0.1, 0.15) is 67.7 Å². The van der Waals surface area contributed by atoms with Crippen LogP contribution in [0.2, 0.25) is 0 Å². The fourth-order valence-electron chi connectivity index (χ4n) is 3.82. The summed E-state index contributed by atoms with van der Waals surface area (Å²) in [5.74, 6) is 0.593. The zero-order valence-electron chi connectivity index (χ0n) is 13.8. The van der Waals surface area contributed by atoms with Gasteiger partial charge in [0.15, 0.2) is 0 Å². The van der Waals surface area contributed by atoms with E-state index in [0.717, 1.165) is 63.7 Å². The molecule has 1 aliphatic carbocycles. The number of carbonyl (C=O) groups is 1. The molecule has 0 unspecified atom stereocenters. The summed E-state index contributed by atoms with van der Waals surface area (Å²) in [6.07, 6.45) is 3.86. The topological polar surface area (TPSA) is 38.1 Å². The Morgan fingerprint density at radius 1 is 1.21 bits per heavy atom. The number of hydrogen-bond acceptors (Lipinski definition) is 2. The molecule has 1 aliphatic heterocycles. The van der Waals surface area contributed by atoms with Crippen molar-refractivity contribution in [2.75, 3.05) is 6.54 Å². The van der Waals surface area contributed by atoms with E-state index in [1.807, 2.05) is 4.57 Å². The van der Waals surface area contributed by atoms with Gasteiger partial charge >= 0.3 is 6.18 Å². The van der Waals surface area contributed by atoms with Crippen LogP contribution >= 0.6 is 0 Å². The number of alkyl halides is 3. The number of fused-ring (bicyclic) bond motifs is 1. The van der Waals surface area contributed by atoms with Crippen molar-refractivity contribution < 1.29 is 18.0 Å². The second-order valence-electron chi connectivity index (χ2n) is 6.82. The number of rotatable bonds is 4. The van der Waals surface area contributed by atoms with E-state index in [1.54, 1.807) is 6.20 Å². The van der Waals surface area contributed by atoms with E-state index >= 15 is 0 Å². The van der Waals surface area contributed by atoms with Crippen molar-refractivity contribution >= 4 is 5.91 Å². The Morgan fingerprint density at radius 3 is 2.67 bits per heavy atom. The van der Waals surface area contributed by atoms with Crippen LogP contribution in [-0.2, 0) is 13.0 Å². The van der Waals surface area contributed by atoms with E-state index in [9.17, 15) is 18.0 Å². The van der Waals surface area contributed by atoms with Crippen molar-refractivity contribution in [3.05, 3.63) is 17.7 Å². The first-order valence-corrected chi connectivity index (χ1v) is 8.88. The van der Waals surface area contributed by atoms with Gasteiger partial charge in [-0.05, 0) is 25.7 Å². The summed E-state index contributed by atoms with van der Waals surface area (Å²) in [6, 6.07) is -0.0802. The largest absolute Gasteiger partial charge is 0.390 e. The first-order chi connectivity index (χ1) is 11.5. The maximum atomic E-state index is 13.0. The summed E-state index contributed by atoms with van der Waals surface area (Å²) in [4.78, 5) is 18.8. The van der Waals surface area contributed by atoms with Crippen molar-refractivity contribution in [1.29, 1.82) is 0 Å². The lowest BCUT2D eigenvalue weighted by molar-refractivity contribution is -0.137. The highest BCUT2D eigenvalue weighted by atomic mass is 19.4. The predicted octanol–water partition coefficient (Wildman–Crippen LogP) is 3.95. The molecule has 3 rings (SSSR count). The van der Waals surface area contributed by atoms with Crippen molar-refractivity contribution in [1.82, 2.24) is 14.5 Å². The molecule has 0 aromatic carbocycles. The quantitative estimate of drug-likeness (QED) is 0.830. The highest BCUT2D eigenvalue weighted by molar-refractivity contribution is 5.92. The molecule has 0 bridgehead atoms. The van der Waals surface area contributed by atoms with Crippen molar-refractivity contribution in [3.63, 3.8) is 0 Å². The summed E-state index contributed by atoms with van der Waals surface area (Å²) >= 11 is 0. The number of amides is 1. The summed E-state index contributed by atoms with van der Waals surface area (Å²) in [5.41, 5.74) is 0.456. The van der Waals surface area contributed by atoms with Gasteiger partial charge < -0.3 is 9.47 Å². The minimum atomic E-state index is -4.25. The fourth-order valence-corrected chi connectivity index (χ4v) is 3.82.